The molecule has 0 aromatic carbocycles. The van der Waals surface area contributed by atoms with Crippen LogP contribution in [0.2, 0.25) is 0 Å². The number of nitrogens with zero attached hydrogens (tertiary/aromatic N) is 1. The summed E-state index contributed by atoms with van der Waals surface area (Å²) in [6.07, 6.45) is 7.73. The third kappa shape index (κ3) is 3.95. The second-order valence-electron chi connectivity index (χ2n) is 5.58. The Morgan fingerprint density at radius 2 is 1.89 bits per heavy atom. The number of nitrogens with two attached hydrogens (primary N) is 1. The average Bonchev–Trinajstić information content (AvgIpc) is 2.64. The van der Waals surface area contributed by atoms with Crippen LogP contribution < -0.4 is 11.1 Å². The highest BCUT2D eigenvalue weighted by Gasteiger charge is 2.38. The number of hydrogen-bond acceptors (Lipinski definition) is 3. The van der Waals surface area contributed by atoms with Crippen LogP contribution in [0.15, 0.2) is 0 Å². The van der Waals surface area contributed by atoms with Gasteiger partial charge in [0.05, 0.1) is 5.41 Å². The van der Waals surface area contributed by atoms with Crippen molar-refractivity contribution >= 4 is 5.91 Å². The molecular formula is C14H29N3O. The Kier molecular flexibility index (Phi) is 6.65. The minimum Gasteiger partial charge on any atom is -0.345 e. The van der Waals surface area contributed by atoms with Crippen molar-refractivity contribution in [2.45, 2.75) is 44.9 Å². The zero-order valence-corrected chi connectivity index (χ0v) is 12.0. The molecule has 1 rings (SSSR count). The van der Waals surface area contributed by atoms with Crippen LogP contribution in [0.1, 0.15) is 44.9 Å². The average molecular weight is 255 g/mol. The number of hydrogen-bond donors (Lipinski definition) is 2. The fourth-order valence-electron chi connectivity index (χ4n) is 2.91. The van der Waals surface area contributed by atoms with Gasteiger partial charge in [-0.3, -0.25) is 4.79 Å². The standard InChI is InChI=1S/C14H29N3O/c1-16-10-7-11-17(2)13(18)14(12-15)8-5-3-4-6-9-14/h16H,3-12,15H2,1-2H3. The fourth-order valence-corrected chi connectivity index (χ4v) is 2.91. The second-order valence-corrected chi connectivity index (χ2v) is 5.58. The summed E-state index contributed by atoms with van der Waals surface area (Å²) in [5, 5.41) is 3.11. The normalized spacial score (nSPS) is 19.3. The highest BCUT2D eigenvalue weighted by atomic mass is 16.2. The highest BCUT2D eigenvalue weighted by Crippen LogP contribution is 2.35. The van der Waals surface area contributed by atoms with Gasteiger partial charge in [0.15, 0.2) is 0 Å². The molecule has 1 saturated carbocycles. The molecule has 0 radical (unpaired) electrons. The van der Waals surface area contributed by atoms with Gasteiger partial charge in [0, 0.05) is 20.1 Å². The molecule has 0 aromatic heterocycles. The van der Waals surface area contributed by atoms with E-state index in [-0.39, 0.29) is 11.3 Å². The van der Waals surface area contributed by atoms with Crippen LogP contribution in [0.5, 0.6) is 0 Å². The Bertz CT molecular complexity index is 247. The first-order chi connectivity index (χ1) is 8.66. The molecule has 0 aromatic rings. The largest absolute Gasteiger partial charge is 0.345 e. The zero-order valence-electron chi connectivity index (χ0n) is 12.0. The van der Waals surface area contributed by atoms with Crippen molar-refractivity contribution in [2.24, 2.45) is 11.1 Å². The zero-order chi connectivity index (χ0) is 13.4. The molecule has 3 N–H and O–H groups in total. The van der Waals surface area contributed by atoms with E-state index >= 15 is 0 Å². The van der Waals surface area contributed by atoms with Gasteiger partial charge in [-0.25, -0.2) is 0 Å². The van der Waals surface area contributed by atoms with Crippen molar-refractivity contribution in [3.8, 4) is 0 Å². The number of carbonyl (C=O) groups is 1. The summed E-state index contributed by atoms with van der Waals surface area (Å²) < 4.78 is 0. The molecule has 4 heteroatoms. The summed E-state index contributed by atoms with van der Waals surface area (Å²) in [5.41, 5.74) is 5.67. The molecule has 0 spiro atoms. The summed E-state index contributed by atoms with van der Waals surface area (Å²) in [7, 11) is 3.86. The lowest BCUT2D eigenvalue weighted by Crippen LogP contribution is -2.47. The Morgan fingerprint density at radius 1 is 1.28 bits per heavy atom. The molecule has 1 aliphatic carbocycles. The predicted octanol–water partition coefficient (Wildman–Crippen LogP) is 1.35. The molecule has 4 nitrogen and oxygen atoms in total. The van der Waals surface area contributed by atoms with Crippen molar-refractivity contribution in [3.05, 3.63) is 0 Å². The van der Waals surface area contributed by atoms with Gasteiger partial charge < -0.3 is 16.0 Å². The molecule has 1 aliphatic rings. The number of nitrogens with one attached hydrogen (secondary N) is 1. The molecule has 18 heavy (non-hydrogen) atoms. The van der Waals surface area contributed by atoms with Gasteiger partial charge in [0.2, 0.25) is 5.91 Å². The maximum absolute atomic E-state index is 12.6. The van der Waals surface area contributed by atoms with E-state index < -0.39 is 0 Å². The fraction of sp³-hybridized carbons (Fsp3) is 0.929. The van der Waals surface area contributed by atoms with Crippen LogP contribution >= 0.6 is 0 Å². The van der Waals surface area contributed by atoms with E-state index in [1.54, 1.807) is 0 Å². The summed E-state index contributed by atoms with van der Waals surface area (Å²) in [6, 6.07) is 0. The topological polar surface area (TPSA) is 58.4 Å². The predicted molar refractivity (Wildman–Crippen MR) is 75.4 cm³/mol. The third-order valence-corrected chi connectivity index (χ3v) is 4.17. The lowest BCUT2D eigenvalue weighted by molar-refractivity contribution is -0.141. The summed E-state index contributed by atoms with van der Waals surface area (Å²) in [6.45, 7) is 2.27. The maximum Gasteiger partial charge on any atom is 0.229 e. The van der Waals surface area contributed by atoms with E-state index in [9.17, 15) is 4.79 Å². The van der Waals surface area contributed by atoms with Crippen LogP contribution in [-0.4, -0.2) is 44.5 Å². The van der Waals surface area contributed by atoms with Crippen LogP contribution in [-0.2, 0) is 4.79 Å². The van der Waals surface area contributed by atoms with Gasteiger partial charge in [0.1, 0.15) is 0 Å². The van der Waals surface area contributed by atoms with Crippen molar-refractivity contribution in [1.29, 1.82) is 0 Å². The number of amides is 1. The van der Waals surface area contributed by atoms with Crippen LogP contribution in [0.4, 0.5) is 0 Å². The van der Waals surface area contributed by atoms with Gasteiger partial charge in [0.25, 0.3) is 0 Å². The summed E-state index contributed by atoms with van der Waals surface area (Å²) in [5.74, 6) is 0.267. The Balaban J connectivity index is 2.58. The molecule has 0 bridgehead atoms. The summed E-state index contributed by atoms with van der Waals surface area (Å²) in [4.78, 5) is 14.5. The lowest BCUT2D eigenvalue weighted by Gasteiger charge is -2.34. The molecule has 0 aliphatic heterocycles. The van der Waals surface area contributed by atoms with Crippen molar-refractivity contribution in [3.63, 3.8) is 0 Å². The van der Waals surface area contributed by atoms with E-state index in [2.05, 4.69) is 5.32 Å². The Hall–Kier alpha value is -0.610. The molecule has 0 heterocycles. The summed E-state index contributed by atoms with van der Waals surface area (Å²) >= 11 is 0. The van der Waals surface area contributed by atoms with Crippen molar-refractivity contribution in [2.75, 3.05) is 33.7 Å². The minimum atomic E-state index is -0.273. The van der Waals surface area contributed by atoms with Gasteiger partial charge in [-0.1, -0.05) is 25.7 Å². The van der Waals surface area contributed by atoms with E-state index in [4.69, 9.17) is 5.73 Å². The molecule has 1 amide bonds. The highest BCUT2D eigenvalue weighted by molar-refractivity contribution is 5.82. The minimum absolute atomic E-state index is 0.267. The van der Waals surface area contributed by atoms with Crippen molar-refractivity contribution in [1.82, 2.24) is 10.2 Å². The van der Waals surface area contributed by atoms with E-state index in [1.807, 2.05) is 19.0 Å². The van der Waals surface area contributed by atoms with Gasteiger partial charge in [-0.05, 0) is 32.9 Å². The maximum atomic E-state index is 12.6. The Labute approximate surface area is 111 Å². The first-order valence-electron chi connectivity index (χ1n) is 7.26. The Morgan fingerprint density at radius 3 is 2.39 bits per heavy atom. The van der Waals surface area contributed by atoms with Crippen LogP contribution in [0, 0.1) is 5.41 Å². The molecule has 0 saturated heterocycles. The molecular weight excluding hydrogens is 226 g/mol. The second kappa shape index (κ2) is 7.74. The molecule has 0 atom stereocenters. The van der Waals surface area contributed by atoms with Gasteiger partial charge >= 0.3 is 0 Å². The lowest BCUT2D eigenvalue weighted by atomic mass is 9.79. The SMILES string of the molecule is CNCCCN(C)C(=O)C1(CN)CCCCCC1. The van der Waals surface area contributed by atoms with Crippen LogP contribution in [0.3, 0.4) is 0 Å². The quantitative estimate of drug-likeness (QED) is 0.556. The number of rotatable bonds is 6. The van der Waals surface area contributed by atoms with Gasteiger partial charge in [-0.2, -0.15) is 0 Å². The van der Waals surface area contributed by atoms with E-state index in [0.29, 0.717) is 6.54 Å². The van der Waals surface area contributed by atoms with E-state index in [0.717, 1.165) is 45.2 Å². The van der Waals surface area contributed by atoms with Gasteiger partial charge in [-0.15, -0.1) is 0 Å². The van der Waals surface area contributed by atoms with Crippen LogP contribution in [0.25, 0.3) is 0 Å². The molecule has 106 valence electrons. The molecule has 0 unspecified atom stereocenters. The first kappa shape index (κ1) is 15.4. The monoisotopic (exact) mass is 255 g/mol. The first-order valence-corrected chi connectivity index (χ1v) is 7.26. The van der Waals surface area contributed by atoms with E-state index in [1.165, 1.54) is 12.8 Å². The smallest absolute Gasteiger partial charge is 0.229 e. The number of carbonyl (C=O) groups excluding carboxylic acids is 1. The third-order valence-electron chi connectivity index (χ3n) is 4.17. The molecule has 1 fully saturated rings. The van der Waals surface area contributed by atoms with Crippen molar-refractivity contribution < 1.29 is 4.79 Å².